The van der Waals surface area contributed by atoms with Crippen LogP contribution in [-0.4, -0.2) is 67.4 Å². The van der Waals surface area contributed by atoms with E-state index >= 15 is 0 Å². The number of β-lactam (4-membered cyclic amide) rings is 1. The van der Waals surface area contributed by atoms with Gasteiger partial charge in [0.25, 0.3) is 5.91 Å². The van der Waals surface area contributed by atoms with E-state index < -0.39 is 38.8 Å². The first-order valence-electron chi connectivity index (χ1n) is 7.08. The molecule has 2 saturated heterocycles. The second kappa shape index (κ2) is 6.04. The quantitative estimate of drug-likeness (QED) is 0.418. The Morgan fingerprint density at radius 1 is 1.48 bits per heavy atom. The summed E-state index contributed by atoms with van der Waals surface area (Å²) in [5.74, 6) is -2.42. The Morgan fingerprint density at radius 2 is 2.09 bits per heavy atom. The number of rotatable bonds is 5. The summed E-state index contributed by atoms with van der Waals surface area (Å²) < 4.78 is 11.5. The van der Waals surface area contributed by atoms with Crippen molar-refractivity contribution in [3.05, 3.63) is 12.2 Å². The molecule has 0 saturated carbocycles. The smallest absolute Gasteiger partial charge is 0.327 e. The molecular formula is C14H20N2O6S. The molecule has 2 heterocycles. The Balaban J connectivity index is 2.10. The van der Waals surface area contributed by atoms with Crippen LogP contribution >= 0.6 is 0 Å². The zero-order chi connectivity index (χ0) is 17.5. The van der Waals surface area contributed by atoms with Crippen LogP contribution in [0.3, 0.4) is 0 Å². The molecule has 0 bridgehead atoms. The molecule has 2 aliphatic rings. The number of fused-ring (bicyclic) bond motifs is 1. The highest BCUT2D eigenvalue weighted by molar-refractivity contribution is 7.87. The van der Waals surface area contributed by atoms with E-state index in [0.717, 1.165) is 5.06 Å². The minimum absolute atomic E-state index is 0.234. The average molecular weight is 344 g/mol. The van der Waals surface area contributed by atoms with Gasteiger partial charge in [-0.3, -0.25) is 18.6 Å². The molecule has 0 aliphatic carbocycles. The van der Waals surface area contributed by atoms with Gasteiger partial charge < -0.3 is 10.0 Å². The summed E-state index contributed by atoms with van der Waals surface area (Å²) in [7, 11) is 1.33. The van der Waals surface area contributed by atoms with Crippen molar-refractivity contribution >= 4 is 28.6 Å². The fourth-order valence-electron chi connectivity index (χ4n) is 2.98. The fraction of sp³-hybridized carbons (Fsp3) is 0.643. The van der Waals surface area contributed by atoms with Gasteiger partial charge in [0.15, 0.2) is 0 Å². The molecular weight excluding hydrogens is 324 g/mol. The summed E-state index contributed by atoms with van der Waals surface area (Å²) in [5, 5.41) is 9.74. The van der Waals surface area contributed by atoms with Gasteiger partial charge in [-0.05, 0) is 20.3 Å². The van der Waals surface area contributed by atoms with Crippen LogP contribution in [0.2, 0.25) is 0 Å². The van der Waals surface area contributed by atoms with Gasteiger partial charge in [-0.15, -0.1) is 0 Å². The molecule has 8 nitrogen and oxygen atoms in total. The second-order valence-corrected chi connectivity index (χ2v) is 8.17. The number of carboxylic acids is 1. The van der Waals surface area contributed by atoms with E-state index in [1.807, 2.05) is 0 Å². The van der Waals surface area contributed by atoms with Crippen molar-refractivity contribution in [2.45, 2.75) is 36.4 Å². The van der Waals surface area contributed by atoms with Gasteiger partial charge in [-0.1, -0.05) is 6.08 Å². The molecule has 0 aromatic carbocycles. The van der Waals surface area contributed by atoms with Crippen molar-refractivity contribution in [3.63, 3.8) is 0 Å². The van der Waals surface area contributed by atoms with Crippen LogP contribution in [0.5, 0.6) is 0 Å². The molecule has 0 aromatic rings. The summed E-state index contributed by atoms with van der Waals surface area (Å²) >= 11 is 0. The number of hydroxylamine groups is 2. The summed E-state index contributed by atoms with van der Waals surface area (Å²) in [6.07, 6.45) is 3.03. The molecule has 1 N–H and O–H groups in total. The monoisotopic (exact) mass is 344 g/mol. The van der Waals surface area contributed by atoms with Crippen LogP contribution < -0.4 is 0 Å². The zero-order valence-corrected chi connectivity index (χ0v) is 14.2. The number of carboxylic acid groups (broad SMARTS) is 1. The third-order valence-corrected chi connectivity index (χ3v) is 6.59. The van der Waals surface area contributed by atoms with E-state index in [1.54, 1.807) is 13.8 Å². The molecule has 0 spiro atoms. The standard InChI is InChI=1S/C14H20N2O6S/c1-14(2)10(13(19)20)16-11(18)8(12(16)23(14)21)6-5-7-9(17)15(3)22-4/h5,7-8,10,12H,6H2,1-4H3,(H,19,20)/b7-5+/t8?,10-,12+,23?/m0/s1. The van der Waals surface area contributed by atoms with Crippen LogP contribution in [-0.2, 0) is 30.0 Å². The van der Waals surface area contributed by atoms with Crippen molar-refractivity contribution in [1.29, 1.82) is 0 Å². The number of allylic oxidation sites excluding steroid dienone is 1. The third-order valence-electron chi connectivity index (χ3n) is 4.33. The SMILES string of the molecule is CON(C)C(=O)/C=C/CC1C(=O)N2[C@@H]1S(=O)C(C)(C)[C@@H]2C(=O)O. The number of aliphatic carboxylic acids is 1. The van der Waals surface area contributed by atoms with Crippen molar-refractivity contribution < 1.29 is 28.5 Å². The molecule has 2 aliphatic heterocycles. The van der Waals surface area contributed by atoms with Crippen molar-refractivity contribution in [3.8, 4) is 0 Å². The maximum absolute atomic E-state index is 12.5. The van der Waals surface area contributed by atoms with Crippen LogP contribution in [0, 0.1) is 5.92 Å². The first-order valence-corrected chi connectivity index (χ1v) is 8.29. The molecule has 0 aromatic heterocycles. The van der Waals surface area contributed by atoms with Crippen LogP contribution in [0.25, 0.3) is 0 Å². The van der Waals surface area contributed by atoms with Crippen molar-refractivity contribution in [2.75, 3.05) is 14.2 Å². The molecule has 23 heavy (non-hydrogen) atoms. The maximum Gasteiger partial charge on any atom is 0.327 e. The molecule has 0 radical (unpaired) electrons. The van der Waals surface area contributed by atoms with E-state index in [2.05, 4.69) is 0 Å². The lowest BCUT2D eigenvalue weighted by molar-refractivity contribution is -0.163. The summed E-state index contributed by atoms with van der Waals surface area (Å²) in [6.45, 7) is 3.19. The van der Waals surface area contributed by atoms with Crippen LogP contribution in [0.1, 0.15) is 20.3 Å². The Hall–Kier alpha value is -1.74. The highest BCUT2D eigenvalue weighted by Gasteiger charge is 2.67. The summed E-state index contributed by atoms with van der Waals surface area (Å²) in [6, 6.07) is -1.08. The number of amides is 2. The number of hydrogen-bond acceptors (Lipinski definition) is 5. The topological polar surface area (TPSA) is 104 Å². The van der Waals surface area contributed by atoms with Gasteiger partial charge in [0, 0.05) is 13.1 Å². The highest BCUT2D eigenvalue weighted by atomic mass is 32.2. The lowest BCUT2D eigenvalue weighted by atomic mass is 9.89. The number of likely N-dealkylation sites (N-methyl/N-ethyl adjacent to an activating group) is 1. The highest BCUT2D eigenvalue weighted by Crippen LogP contribution is 2.47. The molecule has 128 valence electrons. The van der Waals surface area contributed by atoms with Gasteiger partial charge in [0.1, 0.15) is 11.4 Å². The van der Waals surface area contributed by atoms with E-state index in [4.69, 9.17) is 4.84 Å². The first-order chi connectivity index (χ1) is 10.6. The molecule has 4 atom stereocenters. The average Bonchev–Trinajstić information content (AvgIpc) is 2.67. The number of nitrogens with zero attached hydrogens (tertiary/aromatic N) is 2. The fourth-order valence-corrected chi connectivity index (χ4v) is 4.99. The lowest BCUT2D eigenvalue weighted by Crippen LogP contribution is -2.62. The largest absolute Gasteiger partial charge is 0.480 e. The maximum atomic E-state index is 12.5. The van der Waals surface area contributed by atoms with Crippen LogP contribution in [0.15, 0.2) is 12.2 Å². The Bertz CT molecular complexity index is 602. The van der Waals surface area contributed by atoms with E-state index in [0.29, 0.717) is 0 Å². The number of carbonyl (C=O) groups is 3. The molecule has 2 amide bonds. The van der Waals surface area contributed by atoms with Gasteiger partial charge in [-0.2, -0.15) is 0 Å². The van der Waals surface area contributed by atoms with E-state index in [9.17, 15) is 23.7 Å². The summed E-state index contributed by atoms with van der Waals surface area (Å²) in [4.78, 5) is 41.1. The molecule has 9 heteroatoms. The molecule has 2 unspecified atom stereocenters. The van der Waals surface area contributed by atoms with Crippen molar-refractivity contribution in [2.24, 2.45) is 5.92 Å². The third kappa shape index (κ3) is 2.67. The predicted octanol–water partition coefficient (Wildman–Crippen LogP) is -0.269. The summed E-state index contributed by atoms with van der Waals surface area (Å²) in [5.41, 5.74) is 0. The zero-order valence-electron chi connectivity index (χ0n) is 13.4. The Kier molecular flexibility index (Phi) is 4.63. The van der Waals surface area contributed by atoms with Gasteiger partial charge in [0.2, 0.25) is 5.91 Å². The van der Waals surface area contributed by atoms with E-state index in [-0.39, 0.29) is 18.2 Å². The second-order valence-electron chi connectivity index (χ2n) is 6.04. The van der Waals surface area contributed by atoms with Gasteiger partial charge in [0.05, 0.1) is 28.6 Å². The van der Waals surface area contributed by atoms with E-state index in [1.165, 1.54) is 31.2 Å². The predicted molar refractivity (Wildman–Crippen MR) is 81.3 cm³/mol. The molecule has 2 fully saturated rings. The van der Waals surface area contributed by atoms with Gasteiger partial charge in [-0.25, -0.2) is 9.86 Å². The first kappa shape index (κ1) is 17.6. The Morgan fingerprint density at radius 3 is 2.61 bits per heavy atom. The van der Waals surface area contributed by atoms with Crippen LogP contribution in [0.4, 0.5) is 0 Å². The minimum Gasteiger partial charge on any atom is -0.480 e. The Labute approximate surface area is 136 Å². The number of carbonyl (C=O) groups excluding carboxylic acids is 2. The number of hydrogen-bond donors (Lipinski definition) is 1. The molecule has 2 rings (SSSR count). The van der Waals surface area contributed by atoms with Gasteiger partial charge >= 0.3 is 5.97 Å². The minimum atomic E-state index is -1.48. The lowest BCUT2D eigenvalue weighted by Gasteiger charge is -2.42. The normalized spacial score (nSPS) is 31.8. The van der Waals surface area contributed by atoms with Crippen molar-refractivity contribution in [1.82, 2.24) is 9.96 Å².